The third-order valence-electron chi connectivity index (χ3n) is 5.86. The molecule has 0 aliphatic carbocycles. The minimum absolute atomic E-state index is 0.178. The van der Waals surface area contributed by atoms with Crippen molar-refractivity contribution in [3.05, 3.63) is 42.0 Å². The van der Waals surface area contributed by atoms with Gasteiger partial charge in [-0.25, -0.2) is 19.3 Å². The van der Waals surface area contributed by atoms with E-state index >= 15 is 0 Å². The third kappa shape index (κ3) is 3.24. The lowest BCUT2D eigenvalue weighted by Gasteiger charge is -2.38. The fraction of sp³-hybridized carbons (Fsp3) is 0.429. The predicted molar refractivity (Wildman–Crippen MR) is 116 cm³/mol. The number of fused-ring (bicyclic) bond motifs is 2. The Morgan fingerprint density at radius 3 is 2.83 bits per heavy atom. The number of piperazine rings is 1. The van der Waals surface area contributed by atoms with Gasteiger partial charge in [-0.05, 0) is 44.9 Å². The first-order chi connectivity index (χ1) is 14.5. The highest BCUT2D eigenvalue weighted by Gasteiger charge is 2.31. The second kappa shape index (κ2) is 7.24. The maximum absolute atomic E-state index is 13.1. The van der Waals surface area contributed by atoms with Gasteiger partial charge in [0.05, 0.1) is 11.9 Å². The second-order valence-electron chi connectivity index (χ2n) is 8.27. The number of aryl methyl sites for hydroxylation is 1. The van der Waals surface area contributed by atoms with Gasteiger partial charge < -0.3 is 15.5 Å². The van der Waals surface area contributed by atoms with E-state index in [9.17, 15) is 4.79 Å². The van der Waals surface area contributed by atoms with E-state index in [1.165, 1.54) is 12.0 Å². The van der Waals surface area contributed by atoms with Crippen molar-refractivity contribution < 1.29 is 4.79 Å². The van der Waals surface area contributed by atoms with E-state index in [0.29, 0.717) is 24.3 Å². The highest BCUT2D eigenvalue weighted by molar-refractivity contribution is 6.03. The summed E-state index contributed by atoms with van der Waals surface area (Å²) < 4.78 is 1.66. The van der Waals surface area contributed by atoms with E-state index in [-0.39, 0.29) is 6.03 Å². The minimum atomic E-state index is -0.178. The highest BCUT2D eigenvalue weighted by atomic mass is 16.2. The highest BCUT2D eigenvalue weighted by Crippen LogP contribution is 2.35. The van der Waals surface area contributed by atoms with Crippen molar-refractivity contribution in [2.24, 2.45) is 0 Å². The van der Waals surface area contributed by atoms with Crippen LogP contribution >= 0.6 is 0 Å². The first kappa shape index (κ1) is 18.8. The number of aromatic nitrogens is 4. The summed E-state index contributed by atoms with van der Waals surface area (Å²) in [5.74, 6) is 0.753. The van der Waals surface area contributed by atoms with Gasteiger partial charge in [0, 0.05) is 49.2 Å². The van der Waals surface area contributed by atoms with Crippen LogP contribution in [0.5, 0.6) is 0 Å². The van der Waals surface area contributed by atoms with E-state index in [2.05, 4.69) is 50.5 Å². The zero-order valence-corrected chi connectivity index (χ0v) is 17.5. The number of nitrogens with zero attached hydrogens (tertiary/aromatic N) is 6. The molecule has 5 heterocycles. The molecule has 0 bridgehead atoms. The standard InChI is InChI=1S/C21H26N8O/c1-13-8-19-23-12-24-29(19)11-17(13)26-21(30)28-7-5-16-18(4-6-22-20(16)28)27-9-14(2)25-15(3)10-27/h4,6,8,11-12,14-15,25H,5,7,9-10H2,1-3H3,(H,26,30)/t14-,15+. The molecule has 0 unspecified atom stereocenters. The Balaban J connectivity index is 1.40. The summed E-state index contributed by atoms with van der Waals surface area (Å²) in [6, 6.07) is 4.65. The van der Waals surface area contributed by atoms with E-state index in [1.54, 1.807) is 15.6 Å². The van der Waals surface area contributed by atoms with Crippen molar-refractivity contribution in [2.75, 3.05) is 34.8 Å². The fourth-order valence-corrected chi connectivity index (χ4v) is 4.56. The van der Waals surface area contributed by atoms with Gasteiger partial charge in [0.25, 0.3) is 0 Å². The molecule has 2 amide bonds. The first-order valence-corrected chi connectivity index (χ1v) is 10.4. The lowest BCUT2D eigenvalue weighted by molar-refractivity contribution is 0.257. The molecule has 3 aromatic rings. The molecule has 2 aliphatic heterocycles. The Hall–Kier alpha value is -3.20. The second-order valence-corrected chi connectivity index (χ2v) is 8.27. The van der Waals surface area contributed by atoms with Crippen LogP contribution in [0.1, 0.15) is 25.0 Å². The number of hydrogen-bond donors (Lipinski definition) is 2. The van der Waals surface area contributed by atoms with Gasteiger partial charge in [-0.15, -0.1) is 0 Å². The van der Waals surface area contributed by atoms with Crippen molar-refractivity contribution in [3.8, 4) is 0 Å². The lowest BCUT2D eigenvalue weighted by atomic mass is 10.1. The van der Waals surface area contributed by atoms with Crippen molar-refractivity contribution in [3.63, 3.8) is 0 Å². The van der Waals surface area contributed by atoms with Crippen LogP contribution in [-0.4, -0.2) is 57.3 Å². The molecular weight excluding hydrogens is 380 g/mol. The summed E-state index contributed by atoms with van der Waals surface area (Å²) in [6.45, 7) is 8.88. The van der Waals surface area contributed by atoms with Crippen molar-refractivity contribution in [1.29, 1.82) is 0 Å². The summed E-state index contributed by atoms with van der Waals surface area (Å²) in [4.78, 5) is 26.0. The number of rotatable bonds is 2. The topological polar surface area (TPSA) is 90.7 Å². The van der Waals surface area contributed by atoms with Crippen molar-refractivity contribution in [2.45, 2.75) is 39.3 Å². The van der Waals surface area contributed by atoms with Crippen molar-refractivity contribution in [1.82, 2.24) is 24.9 Å². The molecule has 2 aliphatic rings. The maximum atomic E-state index is 13.1. The zero-order chi connectivity index (χ0) is 20.8. The van der Waals surface area contributed by atoms with Crippen LogP contribution < -0.4 is 20.4 Å². The Labute approximate surface area is 175 Å². The molecule has 5 rings (SSSR count). The van der Waals surface area contributed by atoms with E-state index in [1.807, 2.05) is 19.2 Å². The minimum Gasteiger partial charge on any atom is -0.368 e. The van der Waals surface area contributed by atoms with Gasteiger partial charge in [-0.1, -0.05) is 0 Å². The van der Waals surface area contributed by atoms with Gasteiger partial charge in [-0.3, -0.25) is 4.90 Å². The quantitative estimate of drug-likeness (QED) is 0.678. The smallest absolute Gasteiger partial charge is 0.327 e. The predicted octanol–water partition coefficient (Wildman–Crippen LogP) is 2.21. The number of nitrogens with one attached hydrogen (secondary N) is 2. The molecule has 0 saturated carbocycles. The van der Waals surface area contributed by atoms with Crippen LogP contribution in [-0.2, 0) is 6.42 Å². The van der Waals surface area contributed by atoms with Crippen LogP contribution in [0.15, 0.2) is 30.9 Å². The Morgan fingerprint density at radius 1 is 1.23 bits per heavy atom. The molecule has 0 aromatic carbocycles. The third-order valence-corrected chi connectivity index (χ3v) is 5.86. The molecule has 1 saturated heterocycles. The number of pyridine rings is 2. The zero-order valence-electron chi connectivity index (χ0n) is 17.5. The number of anilines is 3. The summed E-state index contributed by atoms with van der Waals surface area (Å²) in [5.41, 5.74) is 4.75. The van der Waals surface area contributed by atoms with Gasteiger partial charge in [0.15, 0.2) is 5.65 Å². The monoisotopic (exact) mass is 406 g/mol. The summed E-state index contributed by atoms with van der Waals surface area (Å²) in [5, 5.41) is 10.8. The molecule has 2 N–H and O–H groups in total. The molecule has 30 heavy (non-hydrogen) atoms. The summed E-state index contributed by atoms with van der Waals surface area (Å²) in [6.07, 6.45) is 5.91. The van der Waals surface area contributed by atoms with Gasteiger partial charge in [0.1, 0.15) is 12.1 Å². The van der Waals surface area contributed by atoms with Crippen molar-refractivity contribution >= 4 is 28.9 Å². The molecule has 9 nitrogen and oxygen atoms in total. The molecule has 0 spiro atoms. The average Bonchev–Trinajstić information content (AvgIpc) is 3.33. The Kier molecular flexibility index (Phi) is 4.54. The largest absolute Gasteiger partial charge is 0.368 e. The van der Waals surface area contributed by atoms with Gasteiger partial charge in [-0.2, -0.15) is 5.10 Å². The Morgan fingerprint density at radius 2 is 2.03 bits per heavy atom. The molecule has 9 heteroatoms. The Bertz CT molecular complexity index is 1100. The fourth-order valence-electron chi connectivity index (χ4n) is 4.56. The average molecular weight is 406 g/mol. The van der Waals surface area contributed by atoms with E-state index in [0.717, 1.165) is 42.1 Å². The van der Waals surface area contributed by atoms with Crippen LogP contribution in [0.25, 0.3) is 5.65 Å². The summed E-state index contributed by atoms with van der Waals surface area (Å²) >= 11 is 0. The van der Waals surface area contributed by atoms with E-state index in [4.69, 9.17) is 0 Å². The molecule has 1 fully saturated rings. The first-order valence-electron chi connectivity index (χ1n) is 10.4. The number of urea groups is 1. The lowest BCUT2D eigenvalue weighted by Crippen LogP contribution is -2.54. The van der Waals surface area contributed by atoms with Gasteiger partial charge >= 0.3 is 6.03 Å². The van der Waals surface area contributed by atoms with Crippen LogP contribution in [0.4, 0.5) is 22.0 Å². The van der Waals surface area contributed by atoms with E-state index < -0.39 is 0 Å². The number of hydrogen-bond acceptors (Lipinski definition) is 6. The molecule has 3 aromatic heterocycles. The maximum Gasteiger partial charge on any atom is 0.327 e. The SMILES string of the molecule is Cc1cc2ncnn2cc1NC(=O)N1CCc2c(N3C[C@@H](C)N[C@@H](C)C3)ccnc21. The van der Waals surface area contributed by atoms with Gasteiger partial charge in [0.2, 0.25) is 0 Å². The normalized spacial score (nSPS) is 21.2. The van der Waals surface area contributed by atoms with Crippen LogP contribution in [0.2, 0.25) is 0 Å². The molecule has 0 radical (unpaired) electrons. The molecule has 2 atom stereocenters. The molecule has 156 valence electrons. The number of amides is 2. The van der Waals surface area contributed by atoms with Crippen LogP contribution in [0.3, 0.4) is 0 Å². The number of carbonyl (C=O) groups is 1. The summed E-state index contributed by atoms with van der Waals surface area (Å²) in [7, 11) is 0. The number of carbonyl (C=O) groups excluding carboxylic acids is 1. The van der Waals surface area contributed by atoms with Crippen LogP contribution in [0, 0.1) is 6.92 Å². The molecular formula is C21H26N8O.